The van der Waals surface area contributed by atoms with Crippen molar-refractivity contribution < 1.29 is 26.4 Å². The van der Waals surface area contributed by atoms with E-state index in [1.807, 2.05) is 0 Å². The molecule has 0 aliphatic carbocycles. The zero-order valence-electron chi connectivity index (χ0n) is 16.6. The molecule has 0 unspecified atom stereocenters. The largest absolute Gasteiger partial charge is 0.416 e. The fourth-order valence-electron chi connectivity index (χ4n) is 3.25. The summed E-state index contributed by atoms with van der Waals surface area (Å²) in [4.78, 5) is 16.0. The average Bonchev–Trinajstić information content (AvgIpc) is 2.73. The molecule has 168 valence electrons. The summed E-state index contributed by atoms with van der Waals surface area (Å²) in [5, 5.41) is 0. The molecule has 0 spiro atoms. The van der Waals surface area contributed by atoms with Gasteiger partial charge in [-0.25, -0.2) is 8.42 Å². The zero-order chi connectivity index (χ0) is 22.8. The van der Waals surface area contributed by atoms with E-state index in [0.717, 1.165) is 20.9 Å². The number of likely N-dealkylation sites (N-methyl/N-ethyl adjacent to an activating group) is 1. The van der Waals surface area contributed by atoms with Gasteiger partial charge in [0.2, 0.25) is 15.9 Å². The van der Waals surface area contributed by atoms with E-state index in [0.29, 0.717) is 31.9 Å². The average molecular weight is 520 g/mol. The van der Waals surface area contributed by atoms with Crippen LogP contribution in [-0.4, -0.2) is 63.3 Å². The Morgan fingerprint density at radius 2 is 1.68 bits per heavy atom. The standard InChI is InChI=1S/C20H21BrF3N3O3S/c1-25(31(29,30)18-7-5-16(21)6-8-18)14-19(28)27-11-9-26(10-12-27)17-4-2-3-15(13-17)20(22,23)24/h2-8,13H,9-12,14H2,1H3. The molecule has 1 aliphatic heterocycles. The summed E-state index contributed by atoms with van der Waals surface area (Å²) in [6, 6.07) is 11.2. The predicted octanol–water partition coefficient (Wildman–Crippen LogP) is 3.44. The first-order chi connectivity index (χ1) is 14.5. The lowest BCUT2D eigenvalue weighted by molar-refractivity contribution is -0.137. The number of alkyl halides is 3. The van der Waals surface area contributed by atoms with Gasteiger partial charge in [0.05, 0.1) is 17.0 Å². The Balaban J connectivity index is 1.60. The molecule has 2 aromatic rings. The summed E-state index contributed by atoms with van der Waals surface area (Å²) in [6.07, 6.45) is -4.42. The van der Waals surface area contributed by atoms with E-state index < -0.39 is 21.8 Å². The quantitative estimate of drug-likeness (QED) is 0.607. The number of anilines is 1. The Hall–Kier alpha value is -2.11. The third kappa shape index (κ3) is 5.58. The van der Waals surface area contributed by atoms with E-state index in [-0.39, 0.29) is 17.3 Å². The number of benzene rings is 2. The molecule has 1 saturated heterocycles. The molecular formula is C20H21BrF3N3O3S. The highest BCUT2D eigenvalue weighted by Gasteiger charge is 2.31. The van der Waals surface area contributed by atoms with Gasteiger partial charge in [0.15, 0.2) is 0 Å². The van der Waals surface area contributed by atoms with Crippen LogP contribution in [-0.2, 0) is 21.0 Å². The SMILES string of the molecule is CN(CC(=O)N1CCN(c2cccc(C(F)(F)F)c2)CC1)S(=O)(=O)c1ccc(Br)cc1. The number of piperazine rings is 1. The van der Waals surface area contributed by atoms with Crippen LogP contribution in [0.2, 0.25) is 0 Å². The molecule has 0 radical (unpaired) electrons. The van der Waals surface area contributed by atoms with Gasteiger partial charge in [0, 0.05) is 43.4 Å². The molecule has 11 heteroatoms. The molecule has 0 aromatic heterocycles. The van der Waals surface area contributed by atoms with Crippen LogP contribution in [0.4, 0.5) is 18.9 Å². The van der Waals surface area contributed by atoms with Gasteiger partial charge in [-0.1, -0.05) is 22.0 Å². The number of hydrogen-bond acceptors (Lipinski definition) is 4. The lowest BCUT2D eigenvalue weighted by atomic mass is 10.1. The van der Waals surface area contributed by atoms with E-state index in [4.69, 9.17) is 0 Å². The highest BCUT2D eigenvalue weighted by atomic mass is 79.9. The molecule has 0 saturated carbocycles. The van der Waals surface area contributed by atoms with E-state index in [2.05, 4.69) is 15.9 Å². The molecule has 31 heavy (non-hydrogen) atoms. The van der Waals surface area contributed by atoms with E-state index in [1.54, 1.807) is 23.1 Å². The Morgan fingerprint density at radius 3 is 2.26 bits per heavy atom. The fourth-order valence-corrected chi connectivity index (χ4v) is 4.64. The van der Waals surface area contributed by atoms with Crippen LogP contribution in [0.3, 0.4) is 0 Å². The summed E-state index contributed by atoms with van der Waals surface area (Å²) in [6.45, 7) is 0.983. The summed E-state index contributed by atoms with van der Waals surface area (Å²) in [5.74, 6) is -0.355. The second kappa shape index (κ2) is 9.17. The Morgan fingerprint density at radius 1 is 1.06 bits per heavy atom. The van der Waals surface area contributed by atoms with Gasteiger partial charge in [-0.3, -0.25) is 4.79 Å². The third-order valence-electron chi connectivity index (χ3n) is 5.05. The van der Waals surface area contributed by atoms with Crippen molar-refractivity contribution in [3.63, 3.8) is 0 Å². The first kappa shape index (κ1) is 23.6. The molecule has 3 rings (SSSR count). The molecule has 1 aliphatic rings. The highest BCUT2D eigenvalue weighted by Crippen LogP contribution is 2.32. The summed E-state index contributed by atoms with van der Waals surface area (Å²) < 4.78 is 65.8. The van der Waals surface area contributed by atoms with E-state index in [9.17, 15) is 26.4 Å². The first-order valence-electron chi connectivity index (χ1n) is 9.40. The number of rotatable bonds is 5. The minimum atomic E-state index is -4.42. The number of carbonyl (C=O) groups is 1. The maximum absolute atomic E-state index is 12.9. The molecule has 0 N–H and O–H groups in total. The van der Waals surface area contributed by atoms with Crippen LogP contribution in [0, 0.1) is 0 Å². The summed E-state index contributed by atoms with van der Waals surface area (Å²) in [5.41, 5.74) is -0.278. The van der Waals surface area contributed by atoms with Gasteiger partial charge in [0.25, 0.3) is 0 Å². The summed E-state index contributed by atoms with van der Waals surface area (Å²) >= 11 is 3.25. The van der Waals surface area contributed by atoms with Crippen molar-refractivity contribution >= 4 is 37.5 Å². The topological polar surface area (TPSA) is 60.9 Å². The zero-order valence-corrected chi connectivity index (χ0v) is 19.0. The van der Waals surface area contributed by atoms with Crippen LogP contribution >= 0.6 is 15.9 Å². The number of nitrogens with zero attached hydrogens (tertiary/aromatic N) is 3. The van der Waals surface area contributed by atoms with E-state index >= 15 is 0 Å². The van der Waals surface area contributed by atoms with Crippen LogP contribution in [0.25, 0.3) is 0 Å². The van der Waals surface area contributed by atoms with Crippen molar-refractivity contribution in [2.75, 3.05) is 44.7 Å². The van der Waals surface area contributed by atoms with Crippen LogP contribution in [0.15, 0.2) is 57.9 Å². The number of amides is 1. The Bertz CT molecular complexity index is 1040. The Labute approximate surface area is 187 Å². The van der Waals surface area contributed by atoms with Crippen LogP contribution in [0.1, 0.15) is 5.56 Å². The van der Waals surface area contributed by atoms with Crippen LogP contribution < -0.4 is 4.90 Å². The lowest BCUT2D eigenvalue weighted by Crippen LogP contribution is -2.51. The molecule has 1 amide bonds. The molecule has 1 fully saturated rings. The smallest absolute Gasteiger partial charge is 0.368 e. The second-order valence-corrected chi connectivity index (χ2v) is 10.1. The van der Waals surface area contributed by atoms with Crippen molar-refractivity contribution in [2.45, 2.75) is 11.1 Å². The number of halogens is 4. The third-order valence-corrected chi connectivity index (χ3v) is 7.40. The van der Waals surface area contributed by atoms with Crippen molar-refractivity contribution in [2.24, 2.45) is 0 Å². The van der Waals surface area contributed by atoms with Crippen molar-refractivity contribution in [1.29, 1.82) is 0 Å². The monoisotopic (exact) mass is 519 g/mol. The number of hydrogen-bond donors (Lipinski definition) is 0. The lowest BCUT2D eigenvalue weighted by Gasteiger charge is -2.36. The predicted molar refractivity (Wildman–Crippen MR) is 114 cm³/mol. The normalized spacial score (nSPS) is 15.4. The maximum atomic E-state index is 12.9. The van der Waals surface area contributed by atoms with Gasteiger partial charge >= 0.3 is 6.18 Å². The maximum Gasteiger partial charge on any atom is 0.416 e. The van der Waals surface area contributed by atoms with Gasteiger partial charge in [-0.05, 0) is 42.5 Å². The number of carbonyl (C=O) groups excluding carboxylic acids is 1. The van der Waals surface area contributed by atoms with Gasteiger partial charge < -0.3 is 9.80 Å². The molecule has 0 bridgehead atoms. The minimum absolute atomic E-state index is 0.0837. The molecule has 2 aromatic carbocycles. The van der Waals surface area contributed by atoms with Gasteiger partial charge in [-0.2, -0.15) is 17.5 Å². The van der Waals surface area contributed by atoms with Gasteiger partial charge in [0.1, 0.15) is 0 Å². The van der Waals surface area contributed by atoms with E-state index in [1.165, 1.54) is 30.1 Å². The first-order valence-corrected chi connectivity index (χ1v) is 11.6. The van der Waals surface area contributed by atoms with Crippen molar-refractivity contribution in [3.05, 3.63) is 58.6 Å². The van der Waals surface area contributed by atoms with Crippen LogP contribution in [0.5, 0.6) is 0 Å². The molecule has 1 heterocycles. The highest BCUT2D eigenvalue weighted by molar-refractivity contribution is 9.10. The minimum Gasteiger partial charge on any atom is -0.368 e. The second-order valence-electron chi connectivity index (χ2n) is 7.13. The molecule has 6 nitrogen and oxygen atoms in total. The van der Waals surface area contributed by atoms with Gasteiger partial charge in [-0.15, -0.1) is 0 Å². The van der Waals surface area contributed by atoms with Crippen molar-refractivity contribution in [3.8, 4) is 0 Å². The fraction of sp³-hybridized carbons (Fsp3) is 0.350. The summed E-state index contributed by atoms with van der Waals surface area (Å²) in [7, 11) is -2.47. The Kier molecular flexibility index (Phi) is 6.97. The number of sulfonamides is 1. The van der Waals surface area contributed by atoms with Crippen molar-refractivity contribution in [1.82, 2.24) is 9.21 Å². The molecule has 0 atom stereocenters. The molecular weight excluding hydrogens is 499 g/mol.